The molecule has 0 aromatic carbocycles. The van der Waals surface area contributed by atoms with Gasteiger partial charge >= 0.3 is 0 Å². The second-order valence-corrected chi connectivity index (χ2v) is 6.22. The molecule has 0 aliphatic heterocycles. The van der Waals surface area contributed by atoms with E-state index in [0.717, 1.165) is 24.7 Å². The van der Waals surface area contributed by atoms with Crippen molar-refractivity contribution in [2.24, 2.45) is 11.8 Å². The van der Waals surface area contributed by atoms with Crippen LogP contribution in [0.4, 0.5) is 11.5 Å². The van der Waals surface area contributed by atoms with E-state index in [9.17, 15) is 0 Å². The molecule has 5 heteroatoms. The molecular formula is C15H26N4O. The van der Waals surface area contributed by atoms with Gasteiger partial charge in [-0.15, -0.1) is 0 Å². The van der Waals surface area contributed by atoms with Crippen LogP contribution < -0.4 is 15.8 Å². The van der Waals surface area contributed by atoms with Crippen LogP contribution in [0.3, 0.4) is 0 Å². The van der Waals surface area contributed by atoms with Gasteiger partial charge in [-0.2, -0.15) is 4.98 Å². The molecule has 3 unspecified atom stereocenters. The molecule has 0 spiro atoms. The van der Waals surface area contributed by atoms with E-state index >= 15 is 0 Å². The maximum Gasteiger partial charge on any atom is 0.242 e. The number of aromatic nitrogens is 2. The van der Waals surface area contributed by atoms with E-state index in [1.165, 1.54) is 12.7 Å². The van der Waals surface area contributed by atoms with Crippen molar-refractivity contribution in [2.45, 2.75) is 59.1 Å². The minimum Gasteiger partial charge on any atom is -0.473 e. The first-order valence-corrected chi connectivity index (χ1v) is 7.51. The lowest BCUT2D eigenvalue weighted by Crippen LogP contribution is -2.31. The average Bonchev–Trinajstić information content (AvgIpc) is 2.38. The Morgan fingerprint density at radius 1 is 1.25 bits per heavy atom. The Labute approximate surface area is 121 Å². The number of anilines is 2. The summed E-state index contributed by atoms with van der Waals surface area (Å²) in [5, 5.41) is 3.46. The maximum absolute atomic E-state index is 6.10. The van der Waals surface area contributed by atoms with Gasteiger partial charge in [-0.25, -0.2) is 4.98 Å². The molecule has 3 N–H and O–H groups in total. The fourth-order valence-corrected chi connectivity index (χ4v) is 2.68. The summed E-state index contributed by atoms with van der Waals surface area (Å²) < 4.78 is 5.60. The Bertz CT molecular complexity index is 449. The SMILES string of the molecule is CC(C)Oc1ncnc(NC2CCC(C)C(C)C2)c1N. The molecule has 2 rings (SSSR count). The van der Waals surface area contributed by atoms with Crippen LogP contribution in [0.25, 0.3) is 0 Å². The quantitative estimate of drug-likeness (QED) is 0.885. The summed E-state index contributed by atoms with van der Waals surface area (Å²) in [6.45, 7) is 8.56. The second kappa shape index (κ2) is 6.29. The van der Waals surface area contributed by atoms with Crippen LogP contribution in [-0.2, 0) is 0 Å². The van der Waals surface area contributed by atoms with Crippen LogP contribution in [0.1, 0.15) is 47.0 Å². The summed E-state index contributed by atoms with van der Waals surface area (Å²) in [6.07, 6.45) is 5.13. The van der Waals surface area contributed by atoms with E-state index in [2.05, 4.69) is 29.1 Å². The Hall–Kier alpha value is -1.52. The molecule has 1 aromatic rings. The third kappa shape index (κ3) is 3.52. The summed E-state index contributed by atoms with van der Waals surface area (Å²) in [5.74, 6) is 2.70. The molecule has 1 saturated carbocycles. The van der Waals surface area contributed by atoms with Gasteiger partial charge in [0.1, 0.15) is 12.0 Å². The normalized spacial score (nSPS) is 26.6. The van der Waals surface area contributed by atoms with Crippen LogP contribution in [0.15, 0.2) is 6.33 Å². The van der Waals surface area contributed by atoms with Crippen LogP contribution in [0, 0.1) is 11.8 Å². The lowest BCUT2D eigenvalue weighted by Gasteiger charge is -2.33. The zero-order valence-electron chi connectivity index (χ0n) is 12.9. The number of rotatable bonds is 4. The smallest absolute Gasteiger partial charge is 0.242 e. The lowest BCUT2D eigenvalue weighted by molar-refractivity contribution is 0.233. The van der Waals surface area contributed by atoms with Gasteiger partial charge in [0.25, 0.3) is 0 Å². The van der Waals surface area contributed by atoms with Gasteiger partial charge in [0.05, 0.1) is 6.10 Å². The van der Waals surface area contributed by atoms with Crippen molar-refractivity contribution < 1.29 is 4.74 Å². The zero-order chi connectivity index (χ0) is 14.7. The number of nitrogens with one attached hydrogen (secondary N) is 1. The highest BCUT2D eigenvalue weighted by atomic mass is 16.5. The van der Waals surface area contributed by atoms with Crippen molar-refractivity contribution in [1.29, 1.82) is 0 Å². The standard InChI is InChI=1S/C15H26N4O/c1-9(2)20-15-13(16)14(17-8-18-15)19-12-6-5-10(3)11(4)7-12/h8-12H,5-7,16H2,1-4H3,(H,17,18,19). The summed E-state index contributed by atoms with van der Waals surface area (Å²) >= 11 is 0. The van der Waals surface area contributed by atoms with Gasteiger partial charge in [-0.1, -0.05) is 13.8 Å². The predicted octanol–water partition coefficient (Wildman–Crippen LogP) is 3.08. The number of nitrogen functional groups attached to an aromatic ring is 1. The summed E-state index contributed by atoms with van der Waals surface area (Å²) in [7, 11) is 0. The summed E-state index contributed by atoms with van der Waals surface area (Å²) in [6, 6.07) is 0.435. The van der Waals surface area contributed by atoms with Crippen molar-refractivity contribution in [3.63, 3.8) is 0 Å². The lowest BCUT2D eigenvalue weighted by atomic mass is 9.79. The summed E-state index contributed by atoms with van der Waals surface area (Å²) in [4.78, 5) is 8.36. The molecule has 0 radical (unpaired) electrons. The van der Waals surface area contributed by atoms with Crippen molar-refractivity contribution in [3.05, 3.63) is 6.33 Å². The first-order valence-electron chi connectivity index (χ1n) is 7.51. The molecule has 0 bridgehead atoms. The molecule has 1 aliphatic rings. The molecule has 1 aliphatic carbocycles. The molecular weight excluding hydrogens is 252 g/mol. The fourth-order valence-electron chi connectivity index (χ4n) is 2.68. The first kappa shape index (κ1) is 14.9. The third-order valence-corrected chi connectivity index (χ3v) is 4.13. The fraction of sp³-hybridized carbons (Fsp3) is 0.733. The number of hydrogen-bond donors (Lipinski definition) is 2. The highest BCUT2D eigenvalue weighted by Crippen LogP contribution is 2.33. The Kier molecular flexibility index (Phi) is 4.68. The molecule has 0 saturated heterocycles. The van der Waals surface area contributed by atoms with E-state index in [-0.39, 0.29) is 6.10 Å². The molecule has 20 heavy (non-hydrogen) atoms. The molecule has 1 fully saturated rings. The second-order valence-electron chi connectivity index (χ2n) is 6.22. The van der Waals surface area contributed by atoms with Gasteiger partial charge in [0, 0.05) is 6.04 Å². The predicted molar refractivity (Wildman–Crippen MR) is 81.8 cm³/mol. The van der Waals surface area contributed by atoms with Crippen molar-refractivity contribution in [3.8, 4) is 5.88 Å². The van der Waals surface area contributed by atoms with E-state index in [0.29, 0.717) is 23.4 Å². The number of ether oxygens (including phenoxy) is 1. The maximum atomic E-state index is 6.10. The molecule has 112 valence electrons. The van der Waals surface area contributed by atoms with Crippen molar-refractivity contribution in [2.75, 3.05) is 11.1 Å². The Morgan fingerprint density at radius 3 is 2.65 bits per heavy atom. The molecule has 3 atom stereocenters. The van der Waals surface area contributed by atoms with E-state index in [1.807, 2.05) is 13.8 Å². The number of nitrogens with zero attached hydrogens (tertiary/aromatic N) is 2. The van der Waals surface area contributed by atoms with Crippen LogP contribution in [0.5, 0.6) is 5.88 Å². The van der Waals surface area contributed by atoms with E-state index in [1.54, 1.807) is 0 Å². The van der Waals surface area contributed by atoms with Crippen LogP contribution in [0.2, 0.25) is 0 Å². The molecule has 0 amide bonds. The number of hydrogen-bond acceptors (Lipinski definition) is 5. The molecule has 1 heterocycles. The first-order chi connectivity index (χ1) is 9.47. The molecule has 5 nitrogen and oxygen atoms in total. The van der Waals surface area contributed by atoms with Gasteiger partial charge in [-0.05, 0) is 44.9 Å². The highest BCUT2D eigenvalue weighted by molar-refractivity contribution is 5.66. The largest absolute Gasteiger partial charge is 0.473 e. The van der Waals surface area contributed by atoms with Gasteiger partial charge < -0.3 is 15.8 Å². The topological polar surface area (TPSA) is 73.1 Å². The Balaban J connectivity index is 2.06. The monoisotopic (exact) mass is 278 g/mol. The highest BCUT2D eigenvalue weighted by Gasteiger charge is 2.25. The Morgan fingerprint density at radius 2 is 2.00 bits per heavy atom. The minimum absolute atomic E-state index is 0.0515. The van der Waals surface area contributed by atoms with Crippen molar-refractivity contribution in [1.82, 2.24) is 9.97 Å². The number of nitrogens with two attached hydrogens (primary N) is 1. The van der Waals surface area contributed by atoms with Crippen LogP contribution >= 0.6 is 0 Å². The third-order valence-electron chi connectivity index (χ3n) is 4.13. The van der Waals surface area contributed by atoms with Crippen molar-refractivity contribution >= 4 is 11.5 Å². The average molecular weight is 278 g/mol. The minimum atomic E-state index is 0.0515. The summed E-state index contributed by atoms with van der Waals surface area (Å²) in [5.41, 5.74) is 6.61. The van der Waals surface area contributed by atoms with Gasteiger partial charge in [-0.3, -0.25) is 0 Å². The van der Waals surface area contributed by atoms with Gasteiger partial charge in [0.2, 0.25) is 5.88 Å². The zero-order valence-corrected chi connectivity index (χ0v) is 12.9. The van der Waals surface area contributed by atoms with E-state index in [4.69, 9.17) is 10.5 Å². The van der Waals surface area contributed by atoms with E-state index < -0.39 is 0 Å². The van der Waals surface area contributed by atoms with Gasteiger partial charge in [0.15, 0.2) is 5.82 Å². The molecule has 1 aromatic heterocycles. The van der Waals surface area contributed by atoms with Crippen LogP contribution in [-0.4, -0.2) is 22.1 Å².